The van der Waals surface area contributed by atoms with Gasteiger partial charge >= 0.3 is 0 Å². The predicted molar refractivity (Wildman–Crippen MR) is 118 cm³/mol. The van der Waals surface area contributed by atoms with Crippen molar-refractivity contribution in [3.05, 3.63) is 54.1 Å². The maximum atomic E-state index is 12.7. The summed E-state index contributed by atoms with van der Waals surface area (Å²) in [5.41, 5.74) is 1.48. The van der Waals surface area contributed by atoms with Crippen molar-refractivity contribution in [3.63, 3.8) is 0 Å². The summed E-state index contributed by atoms with van der Waals surface area (Å²) in [6.07, 6.45) is 1.65. The number of amides is 1. The Hall–Kier alpha value is -2.58. The van der Waals surface area contributed by atoms with Crippen LogP contribution in [-0.4, -0.2) is 46.6 Å². The summed E-state index contributed by atoms with van der Waals surface area (Å²) >= 11 is 0. The number of piperidine rings is 1. The van der Waals surface area contributed by atoms with Crippen LogP contribution in [-0.2, 0) is 10.0 Å². The van der Waals surface area contributed by atoms with E-state index in [-0.39, 0.29) is 22.9 Å². The Labute approximate surface area is 178 Å². The highest BCUT2D eigenvalue weighted by Gasteiger charge is 2.22. The number of anilines is 1. The standard InChI is InChI=1S/C22H29N3O4S/c1-16(2)24-30(27,28)21-6-4-5-17(15-21)22(26)23-18-11-13-25(14-12-18)19-7-9-20(29-3)10-8-19/h4-10,15-16,18,24H,11-14H2,1-3H3,(H,23,26). The van der Waals surface area contributed by atoms with E-state index in [1.807, 2.05) is 24.3 Å². The molecule has 2 aromatic carbocycles. The van der Waals surface area contributed by atoms with Crippen LogP contribution in [0.3, 0.4) is 0 Å². The van der Waals surface area contributed by atoms with E-state index >= 15 is 0 Å². The summed E-state index contributed by atoms with van der Waals surface area (Å²) in [4.78, 5) is 15.1. The van der Waals surface area contributed by atoms with Crippen LogP contribution in [0.4, 0.5) is 5.69 Å². The molecule has 0 saturated carbocycles. The first-order chi connectivity index (χ1) is 14.3. The molecule has 30 heavy (non-hydrogen) atoms. The number of methoxy groups -OCH3 is 1. The van der Waals surface area contributed by atoms with Crippen molar-refractivity contribution in [2.75, 3.05) is 25.1 Å². The first-order valence-corrected chi connectivity index (χ1v) is 11.6. The largest absolute Gasteiger partial charge is 0.497 e. The number of hydrogen-bond donors (Lipinski definition) is 2. The number of hydrogen-bond acceptors (Lipinski definition) is 5. The highest BCUT2D eigenvalue weighted by Crippen LogP contribution is 2.23. The minimum absolute atomic E-state index is 0.0565. The van der Waals surface area contributed by atoms with Crippen molar-refractivity contribution in [2.24, 2.45) is 0 Å². The molecule has 1 aliphatic rings. The van der Waals surface area contributed by atoms with Crippen molar-refractivity contribution in [1.29, 1.82) is 0 Å². The van der Waals surface area contributed by atoms with E-state index in [0.717, 1.165) is 37.4 Å². The van der Waals surface area contributed by atoms with Gasteiger partial charge in [-0.3, -0.25) is 4.79 Å². The minimum atomic E-state index is -3.64. The van der Waals surface area contributed by atoms with Crippen LogP contribution in [0.2, 0.25) is 0 Å². The van der Waals surface area contributed by atoms with Crippen molar-refractivity contribution in [2.45, 2.75) is 43.7 Å². The molecular weight excluding hydrogens is 402 g/mol. The van der Waals surface area contributed by atoms with Gasteiger partial charge in [0.25, 0.3) is 5.91 Å². The number of nitrogens with zero attached hydrogens (tertiary/aromatic N) is 1. The van der Waals surface area contributed by atoms with Crippen LogP contribution in [0.1, 0.15) is 37.0 Å². The molecule has 1 amide bonds. The van der Waals surface area contributed by atoms with Crippen LogP contribution >= 0.6 is 0 Å². The number of carbonyl (C=O) groups excluding carboxylic acids is 1. The van der Waals surface area contributed by atoms with Gasteiger partial charge in [-0.25, -0.2) is 13.1 Å². The second-order valence-corrected chi connectivity index (χ2v) is 9.45. The molecule has 0 bridgehead atoms. The van der Waals surface area contributed by atoms with Crippen molar-refractivity contribution in [1.82, 2.24) is 10.0 Å². The fourth-order valence-electron chi connectivity index (χ4n) is 3.53. The predicted octanol–water partition coefficient (Wildman–Crippen LogP) is 2.78. The number of rotatable bonds is 7. The van der Waals surface area contributed by atoms with E-state index in [2.05, 4.69) is 14.9 Å². The molecule has 1 fully saturated rings. The second-order valence-electron chi connectivity index (χ2n) is 7.74. The lowest BCUT2D eigenvalue weighted by atomic mass is 10.0. The minimum Gasteiger partial charge on any atom is -0.497 e. The molecule has 8 heteroatoms. The van der Waals surface area contributed by atoms with E-state index in [1.54, 1.807) is 33.1 Å². The summed E-state index contributed by atoms with van der Waals surface area (Å²) in [5.74, 6) is 0.577. The van der Waals surface area contributed by atoms with Crippen molar-refractivity contribution >= 4 is 21.6 Å². The third-order valence-corrected chi connectivity index (χ3v) is 6.72. The van der Waals surface area contributed by atoms with E-state index in [0.29, 0.717) is 5.56 Å². The monoisotopic (exact) mass is 431 g/mol. The summed E-state index contributed by atoms with van der Waals surface area (Å²) < 4.78 is 32.5. The van der Waals surface area contributed by atoms with Crippen molar-refractivity contribution < 1.29 is 17.9 Å². The van der Waals surface area contributed by atoms with Gasteiger partial charge in [0.2, 0.25) is 10.0 Å². The van der Waals surface area contributed by atoms with Gasteiger partial charge in [-0.05, 0) is 69.2 Å². The number of ether oxygens (including phenoxy) is 1. The average Bonchev–Trinajstić information content (AvgIpc) is 2.73. The lowest BCUT2D eigenvalue weighted by Crippen LogP contribution is -2.44. The number of carbonyl (C=O) groups is 1. The first kappa shape index (κ1) is 22.1. The topological polar surface area (TPSA) is 87.7 Å². The molecule has 0 radical (unpaired) electrons. The lowest BCUT2D eigenvalue weighted by molar-refractivity contribution is 0.0931. The van der Waals surface area contributed by atoms with E-state index in [4.69, 9.17) is 4.74 Å². The SMILES string of the molecule is COc1ccc(N2CCC(NC(=O)c3cccc(S(=O)(=O)NC(C)C)c3)CC2)cc1. The molecule has 0 unspecified atom stereocenters. The molecular formula is C22H29N3O4S. The van der Waals surface area contributed by atoms with E-state index in [9.17, 15) is 13.2 Å². The van der Waals surface area contributed by atoms with Crippen LogP contribution in [0, 0.1) is 0 Å². The average molecular weight is 432 g/mol. The second kappa shape index (κ2) is 9.49. The zero-order chi connectivity index (χ0) is 21.7. The molecule has 162 valence electrons. The van der Waals surface area contributed by atoms with Crippen molar-refractivity contribution in [3.8, 4) is 5.75 Å². The molecule has 0 aliphatic carbocycles. The number of sulfonamides is 1. The molecule has 1 heterocycles. The van der Waals surface area contributed by atoms with Gasteiger partial charge in [0, 0.05) is 36.4 Å². The Bertz CT molecular complexity index is 966. The lowest BCUT2D eigenvalue weighted by Gasteiger charge is -2.34. The van der Waals surface area contributed by atoms with Gasteiger partial charge in [0.15, 0.2) is 0 Å². The molecule has 0 atom stereocenters. The Morgan fingerprint density at radius 2 is 1.77 bits per heavy atom. The summed E-state index contributed by atoms with van der Waals surface area (Å²) in [6, 6.07) is 13.9. The molecule has 0 spiro atoms. The molecule has 7 nitrogen and oxygen atoms in total. The summed E-state index contributed by atoms with van der Waals surface area (Å²) in [5, 5.41) is 3.04. The molecule has 0 aromatic heterocycles. The van der Waals surface area contributed by atoms with E-state index in [1.165, 1.54) is 12.1 Å². The molecule has 2 N–H and O–H groups in total. The fourth-order valence-corrected chi connectivity index (χ4v) is 4.82. The quantitative estimate of drug-likeness (QED) is 0.704. The Morgan fingerprint density at radius 1 is 1.10 bits per heavy atom. The zero-order valence-electron chi connectivity index (χ0n) is 17.6. The maximum absolute atomic E-state index is 12.7. The van der Waals surface area contributed by atoms with E-state index < -0.39 is 10.0 Å². The maximum Gasteiger partial charge on any atom is 0.251 e. The normalized spacial score (nSPS) is 15.3. The van der Waals surface area contributed by atoms with Crippen LogP contribution in [0.25, 0.3) is 0 Å². The first-order valence-electron chi connectivity index (χ1n) is 10.1. The van der Waals surface area contributed by atoms with Gasteiger partial charge < -0.3 is 15.0 Å². The third-order valence-electron chi connectivity index (χ3n) is 5.07. The Morgan fingerprint density at radius 3 is 2.37 bits per heavy atom. The number of nitrogens with one attached hydrogen (secondary N) is 2. The fraction of sp³-hybridized carbons (Fsp3) is 0.409. The molecule has 1 saturated heterocycles. The molecule has 1 aliphatic heterocycles. The van der Waals surface area contributed by atoms with Gasteiger partial charge in [-0.2, -0.15) is 0 Å². The van der Waals surface area contributed by atoms with Crippen LogP contribution in [0.15, 0.2) is 53.4 Å². The van der Waals surface area contributed by atoms with Crippen LogP contribution in [0.5, 0.6) is 5.75 Å². The number of benzene rings is 2. The van der Waals surface area contributed by atoms with Gasteiger partial charge in [0.05, 0.1) is 12.0 Å². The Kier molecular flexibility index (Phi) is 6.99. The third kappa shape index (κ3) is 5.52. The van der Waals surface area contributed by atoms with Gasteiger partial charge in [-0.1, -0.05) is 6.07 Å². The smallest absolute Gasteiger partial charge is 0.251 e. The van der Waals surface area contributed by atoms with Gasteiger partial charge in [-0.15, -0.1) is 0 Å². The Balaban J connectivity index is 1.59. The highest BCUT2D eigenvalue weighted by atomic mass is 32.2. The highest BCUT2D eigenvalue weighted by molar-refractivity contribution is 7.89. The molecule has 3 rings (SSSR count). The zero-order valence-corrected chi connectivity index (χ0v) is 18.4. The van der Waals surface area contributed by atoms with Crippen LogP contribution < -0.4 is 19.7 Å². The van der Waals surface area contributed by atoms with Gasteiger partial charge in [0.1, 0.15) is 5.75 Å². The molecule has 2 aromatic rings. The summed E-state index contributed by atoms with van der Waals surface area (Å²) in [7, 11) is -1.99. The summed E-state index contributed by atoms with van der Waals surface area (Å²) in [6.45, 7) is 5.19.